The number of halogens is 4. The average molecular weight is 487 g/mol. The minimum atomic E-state index is -4.58. The number of hydrogen-bond acceptors (Lipinski definition) is 5. The molecule has 1 aromatic heterocycles. The van der Waals surface area contributed by atoms with Gasteiger partial charge in [0.05, 0.1) is 20.3 Å². The van der Waals surface area contributed by atoms with Crippen LogP contribution in [0.4, 0.5) is 19.0 Å². The van der Waals surface area contributed by atoms with E-state index >= 15 is 0 Å². The molecule has 1 fully saturated rings. The van der Waals surface area contributed by atoms with Crippen molar-refractivity contribution in [2.24, 2.45) is 0 Å². The Labute approximate surface area is 194 Å². The number of methoxy groups -OCH3 is 2. The van der Waals surface area contributed by atoms with Crippen LogP contribution in [0.1, 0.15) is 60.7 Å². The van der Waals surface area contributed by atoms with Crippen LogP contribution in [0.3, 0.4) is 0 Å². The number of aromatic nitrogens is 2. The predicted molar refractivity (Wildman–Crippen MR) is 117 cm³/mol. The third-order valence-electron chi connectivity index (χ3n) is 6.37. The van der Waals surface area contributed by atoms with Gasteiger partial charge in [-0.1, -0.05) is 17.7 Å². The fourth-order valence-corrected chi connectivity index (χ4v) is 4.81. The molecule has 0 aliphatic carbocycles. The molecule has 3 heterocycles. The summed E-state index contributed by atoms with van der Waals surface area (Å²) < 4.78 is 53.5. The highest BCUT2D eigenvalue weighted by Gasteiger charge is 2.48. The number of amides is 1. The van der Waals surface area contributed by atoms with Gasteiger partial charge in [-0.05, 0) is 43.9 Å². The second-order valence-electron chi connectivity index (χ2n) is 8.40. The Kier molecular flexibility index (Phi) is 6.39. The first-order valence-corrected chi connectivity index (χ1v) is 11.2. The van der Waals surface area contributed by atoms with Crippen LogP contribution in [-0.2, 0) is 0 Å². The van der Waals surface area contributed by atoms with Gasteiger partial charge in [0, 0.05) is 19.0 Å². The van der Waals surface area contributed by atoms with Crippen LogP contribution in [0.5, 0.6) is 11.5 Å². The van der Waals surface area contributed by atoms with Gasteiger partial charge in [0.15, 0.2) is 23.2 Å². The molecule has 2 aliphatic rings. The quantitative estimate of drug-likeness (QED) is 0.641. The van der Waals surface area contributed by atoms with Crippen LogP contribution in [0.2, 0.25) is 5.02 Å². The SMILES string of the molecule is COc1ccc([C@H]2C[C@@H](C(F)(F)F)n3nc(C(=O)N4CCCC[C@H]4C)c(Cl)c3N2)cc1OC. The lowest BCUT2D eigenvalue weighted by Crippen LogP contribution is -2.42. The monoisotopic (exact) mass is 486 g/mol. The van der Waals surface area contributed by atoms with Crippen molar-refractivity contribution in [1.29, 1.82) is 0 Å². The van der Waals surface area contributed by atoms with E-state index in [-0.39, 0.29) is 29.0 Å². The summed E-state index contributed by atoms with van der Waals surface area (Å²) in [5.41, 5.74) is 0.415. The maximum atomic E-state index is 14.1. The highest BCUT2D eigenvalue weighted by atomic mass is 35.5. The number of fused-ring (bicyclic) bond motifs is 1. The molecule has 2 aromatic rings. The fraction of sp³-hybridized carbons (Fsp3) is 0.545. The Balaban J connectivity index is 1.73. The number of nitrogens with one attached hydrogen (secondary N) is 1. The molecule has 7 nitrogen and oxygen atoms in total. The van der Waals surface area contributed by atoms with Crippen molar-refractivity contribution in [2.75, 3.05) is 26.1 Å². The largest absolute Gasteiger partial charge is 0.493 e. The zero-order valence-electron chi connectivity index (χ0n) is 18.6. The van der Waals surface area contributed by atoms with Gasteiger partial charge in [-0.15, -0.1) is 0 Å². The number of hydrogen-bond donors (Lipinski definition) is 1. The molecule has 11 heteroatoms. The van der Waals surface area contributed by atoms with Crippen LogP contribution >= 0.6 is 11.6 Å². The lowest BCUT2D eigenvalue weighted by Gasteiger charge is -2.33. The number of rotatable bonds is 4. The number of carbonyl (C=O) groups excluding carboxylic acids is 1. The van der Waals surface area contributed by atoms with Crippen molar-refractivity contribution >= 4 is 23.3 Å². The van der Waals surface area contributed by atoms with Gasteiger partial charge in [-0.2, -0.15) is 18.3 Å². The van der Waals surface area contributed by atoms with Gasteiger partial charge in [-0.3, -0.25) is 4.79 Å². The standard InChI is InChI=1S/C22H26ClF3N4O3/c1-12-6-4-5-9-29(12)21(31)19-18(23)20-27-14(11-17(22(24,25)26)30(20)28-19)13-7-8-15(32-2)16(10-13)33-3/h7-8,10,12,14,17,27H,4-6,9,11H2,1-3H3/t12-,14-,17+/m1/s1. The Hall–Kier alpha value is -2.62. The van der Waals surface area contributed by atoms with E-state index in [2.05, 4.69) is 10.4 Å². The van der Waals surface area contributed by atoms with E-state index in [4.69, 9.17) is 21.1 Å². The molecule has 2 aliphatic heterocycles. The topological polar surface area (TPSA) is 68.6 Å². The maximum Gasteiger partial charge on any atom is 0.410 e. The molecular weight excluding hydrogens is 461 g/mol. The lowest BCUT2D eigenvalue weighted by molar-refractivity contribution is -0.173. The number of ether oxygens (including phenoxy) is 2. The molecule has 0 unspecified atom stereocenters. The molecule has 1 aromatic carbocycles. The van der Waals surface area contributed by atoms with Gasteiger partial charge < -0.3 is 19.7 Å². The summed E-state index contributed by atoms with van der Waals surface area (Å²) in [6, 6.07) is 2.25. The third-order valence-corrected chi connectivity index (χ3v) is 6.73. The second kappa shape index (κ2) is 8.96. The van der Waals surface area contributed by atoms with E-state index in [0.717, 1.165) is 23.9 Å². The summed E-state index contributed by atoms with van der Waals surface area (Å²) in [5, 5.41) is 7.03. The highest BCUT2D eigenvalue weighted by molar-refractivity contribution is 6.36. The molecular formula is C22H26ClF3N4O3. The third kappa shape index (κ3) is 4.32. The normalized spacial score (nSPS) is 23.0. The molecule has 1 saturated heterocycles. The molecule has 1 amide bonds. The average Bonchev–Trinajstić information content (AvgIpc) is 3.13. The van der Waals surface area contributed by atoms with E-state index in [9.17, 15) is 18.0 Å². The van der Waals surface area contributed by atoms with Gasteiger partial charge in [0.25, 0.3) is 5.91 Å². The van der Waals surface area contributed by atoms with E-state index < -0.39 is 24.2 Å². The number of piperidine rings is 1. The number of carbonyl (C=O) groups is 1. The molecule has 180 valence electrons. The molecule has 1 N–H and O–H groups in total. The minimum absolute atomic E-state index is 0.0157. The summed E-state index contributed by atoms with van der Waals surface area (Å²) in [4.78, 5) is 14.8. The van der Waals surface area contributed by atoms with Crippen LogP contribution in [-0.4, -0.2) is 53.6 Å². The minimum Gasteiger partial charge on any atom is -0.493 e. The van der Waals surface area contributed by atoms with Crippen LogP contribution in [0, 0.1) is 0 Å². The second-order valence-corrected chi connectivity index (χ2v) is 8.78. The summed E-state index contributed by atoms with van der Waals surface area (Å²) in [5.74, 6) is 0.411. The molecule has 0 spiro atoms. The van der Waals surface area contributed by atoms with Gasteiger partial charge >= 0.3 is 6.18 Å². The Morgan fingerprint density at radius 2 is 1.94 bits per heavy atom. The molecule has 0 saturated carbocycles. The first kappa shape index (κ1) is 23.5. The zero-order chi connectivity index (χ0) is 23.9. The number of nitrogens with zero attached hydrogens (tertiary/aromatic N) is 3. The number of benzene rings is 1. The van der Waals surface area contributed by atoms with Crippen LogP contribution in [0.25, 0.3) is 0 Å². The zero-order valence-corrected chi connectivity index (χ0v) is 19.3. The Bertz CT molecular complexity index is 1040. The van der Waals surface area contributed by atoms with Crippen LogP contribution < -0.4 is 14.8 Å². The van der Waals surface area contributed by atoms with Crippen molar-refractivity contribution < 1.29 is 27.4 Å². The van der Waals surface area contributed by atoms with E-state index in [1.807, 2.05) is 6.92 Å². The van der Waals surface area contributed by atoms with Gasteiger partial charge in [0.2, 0.25) is 0 Å². The van der Waals surface area contributed by atoms with E-state index in [1.54, 1.807) is 23.1 Å². The first-order chi connectivity index (χ1) is 15.7. The smallest absolute Gasteiger partial charge is 0.410 e. The summed E-state index contributed by atoms with van der Waals surface area (Å²) in [6.45, 7) is 2.45. The Morgan fingerprint density at radius 3 is 2.58 bits per heavy atom. The lowest BCUT2D eigenvalue weighted by atomic mass is 9.96. The molecule has 0 radical (unpaired) electrons. The number of anilines is 1. The summed E-state index contributed by atoms with van der Waals surface area (Å²) >= 11 is 6.47. The van der Waals surface area contributed by atoms with Crippen LogP contribution in [0.15, 0.2) is 18.2 Å². The van der Waals surface area contributed by atoms with Gasteiger partial charge in [0.1, 0.15) is 10.8 Å². The van der Waals surface area contributed by atoms with Crippen molar-refractivity contribution in [3.63, 3.8) is 0 Å². The fourth-order valence-electron chi connectivity index (χ4n) is 4.55. The molecule has 3 atom stereocenters. The van der Waals surface area contributed by atoms with E-state index in [0.29, 0.717) is 23.6 Å². The summed E-state index contributed by atoms with van der Waals surface area (Å²) in [6.07, 6.45) is -2.23. The maximum absolute atomic E-state index is 14.1. The highest BCUT2D eigenvalue weighted by Crippen LogP contribution is 2.47. The number of alkyl halides is 3. The summed E-state index contributed by atoms with van der Waals surface area (Å²) in [7, 11) is 2.94. The molecule has 0 bridgehead atoms. The van der Waals surface area contributed by atoms with Crippen molar-refractivity contribution in [3.05, 3.63) is 34.5 Å². The molecule has 4 rings (SSSR count). The predicted octanol–water partition coefficient (Wildman–Crippen LogP) is 5.23. The van der Waals surface area contributed by atoms with Crippen molar-refractivity contribution in [2.45, 2.75) is 56.9 Å². The van der Waals surface area contributed by atoms with Crippen molar-refractivity contribution in [1.82, 2.24) is 14.7 Å². The van der Waals surface area contributed by atoms with Gasteiger partial charge in [-0.25, -0.2) is 4.68 Å². The Morgan fingerprint density at radius 1 is 1.21 bits per heavy atom. The molecule has 33 heavy (non-hydrogen) atoms. The first-order valence-electron chi connectivity index (χ1n) is 10.8. The number of likely N-dealkylation sites (tertiary alicyclic amines) is 1. The van der Waals surface area contributed by atoms with E-state index in [1.165, 1.54) is 14.2 Å². The van der Waals surface area contributed by atoms with Crippen molar-refractivity contribution in [3.8, 4) is 11.5 Å².